The average Bonchev–Trinajstić information content (AvgIpc) is 3.13. The number of hydrogen-bond acceptors (Lipinski definition) is 5. The van der Waals surface area contributed by atoms with Gasteiger partial charge < -0.3 is 15.4 Å². The summed E-state index contributed by atoms with van der Waals surface area (Å²) in [5.41, 5.74) is 1.95. The third-order valence-electron chi connectivity index (χ3n) is 4.54. The maximum atomic E-state index is 13.1. The van der Waals surface area contributed by atoms with Gasteiger partial charge in [0, 0.05) is 28.6 Å². The van der Waals surface area contributed by atoms with Gasteiger partial charge in [0.1, 0.15) is 0 Å². The number of rotatable bonds is 5. The van der Waals surface area contributed by atoms with Crippen molar-refractivity contribution < 1.29 is 23.1 Å². The van der Waals surface area contributed by atoms with Crippen LogP contribution in [-0.4, -0.2) is 30.8 Å². The van der Waals surface area contributed by atoms with Gasteiger partial charge in [0.2, 0.25) is 0 Å². The molecule has 0 amide bonds. The smallest absolute Gasteiger partial charge is 0.337 e. The van der Waals surface area contributed by atoms with Crippen LogP contribution in [-0.2, 0) is 10.0 Å². The number of fused-ring (bicyclic) bond motifs is 3. The summed E-state index contributed by atoms with van der Waals surface area (Å²) in [5, 5.41) is 11.2. The molecule has 0 spiro atoms. The first-order valence-electron chi connectivity index (χ1n) is 8.28. The molecule has 8 nitrogen and oxygen atoms in total. The predicted molar refractivity (Wildman–Crippen MR) is 104 cm³/mol. The second-order valence-electron chi connectivity index (χ2n) is 6.22. The van der Waals surface area contributed by atoms with Crippen molar-refractivity contribution >= 4 is 33.7 Å². The van der Waals surface area contributed by atoms with Crippen molar-refractivity contribution in [3.05, 3.63) is 71.5 Å². The summed E-state index contributed by atoms with van der Waals surface area (Å²) in [6.07, 6.45) is 1.84. The van der Waals surface area contributed by atoms with Gasteiger partial charge in [0.05, 0.1) is 16.9 Å². The zero-order valence-electron chi connectivity index (χ0n) is 14.3. The number of carbonyl (C=O) groups excluding carboxylic acids is 1. The molecule has 0 bridgehead atoms. The molecule has 4 rings (SSSR count). The molecule has 9 heteroatoms. The number of benzene rings is 2. The van der Waals surface area contributed by atoms with Gasteiger partial charge in [-0.1, -0.05) is 30.3 Å². The number of H-pyrrole nitrogens is 1. The Morgan fingerprint density at radius 3 is 2.57 bits per heavy atom. The van der Waals surface area contributed by atoms with Crippen molar-refractivity contribution in [2.24, 2.45) is 0 Å². The second kappa shape index (κ2) is 6.54. The molecule has 3 aromatic rings. The van der Waals surface area contributed by atoms with E-state index in [1.807, 2.05) is 0 Å². The molecule has 28 heavy (non-hydrogen) atoms. The molecule has 4 N–H and O–H groups in total. The summed E-state index contributed by atoms with van der Waals surface area (Å²) in [5.74, 6) is -1.16. The zero-order chi connectivity index (χ0) is 19.9. The Kier molecular flexibility index (Phi) is 4.16. The van der Waals surface area contributed by atoms with Crippen molar-refractivity contribution in [2.45, 2.75) is 5.37 Å². The lowest BCUT2D eigenvalue weighted by atomic mass is 9.96. The van der Waals surface area contributed by atoms with E-state index in [1.54, 1.807) is 36.4 Å². The van der Waals surface area contributed by atoms with Crippen molar-refractivity contribution in [1.29, 1.82) is 0 Å². The van der Waals surface area contributed by atoms with E-state index < -0.39 is 21.4 Å². The molecule has 0 saturated heterocycles. The van der Waals surface area contributed by atoms with Crippen molar-refractivity contribution in [3.63, 3.8) is 0 Å². The fraction of sp³-hybridized carbons (Fsp3) is 0.0526. The number of carbonyl (C=O) groups is 2. The van der Waals surface area contributed by atoms with Crippen molar-refractivity contribution in [2.75, 3.05) is 10.0 Å². The average molecular weight is 397 g/mol. The number of sulfonamides is 1. The van der Waals surface area contributed by atoms with E-state index in [-0.39, 0.29) is 22.5 Å². The molecule has 1 aromatic heterocycles. The predicted octanol–water partition coefficient (Wildman–Crippen LogP) is 3.06. The normalized spacial score (nSPS) is 15.1. The highest BCUT2D eigenvalue weighted by atomic mass is 32.2. The van der Waals surface area contributed by atoms with Gasteiger partial charge >= 0.3 is 5.97 Å². The Balaban J connectivity index is 1.83. The highest BCUT2D eigenvalue weighted by molar-refractivity contribution is 7.93. The van der Waals surface area contributed by atoms with Crippen LogP contribution in [0.4, 0.5) is 11.4 Å². The highest BCUT2D eigenvalue weighted by Crippen LogP contribution is 2.44. The van der Waals surface area contributed by atoms with Crippen LogP contribution in [0.1, 0.15) is 31.8 Å². The van der Waals surface area contributed by atoms with E-state index in [0.29, 0.717) is 23.1 Å². The second-order valence-corrected chi connectivity index (χ2v) is 7.98. The van der Waals surface area contributed by atoms with Crippen LogP contribution in [0.15, 0.2) is 54.7 Å². The van der Waals surface area contributed by atoms with Crippen LogP contribution in [0.5, 0.6) is 0 Å². The Morgan fingerprint density at radius 2 is 1.82 bits per heavy atom. The van der Waals surface area contributed by atoms with Crippen molar-refractivity contribution in [1.82, 2.24) is 4.98 Å². The van der Waals surface area contributed by atoms with E-state index in [1.165, 1.54) is 18.3 Å². The van der Waals surface area contributed by atoms with Crippen LogP contribution in [0, 0.1) is 0 Å². The number of aromatic carboxylic acids is 1. The number of hydrogen-bond donors (Lipinski definition) is 4. The summed E-state index contributed by atoms with van der Waals surface area (Å²) in [7, 11) is -4.08. The molecular formula is C19H15N3O5S. The topological polar surface area (TPSA) is 128 Å². The number of aromatic amines is 1. The molecule has 2 aromatic carbocycles. The molecule has 0 saturated carbocycles. The van der Waals surface area contributed by atoms with Crippen LogP contribution < -0.4 is 10.0 Å². The lowest BCUT2D eigenvalue weighted by molar-refractivity contribution is 0.0697. The summed E-state index contributed by atoms with van der Waals surface area (Å²) in [4.78, 5) is 25.6. The zero-order valence-corrected chi connectivity index (χ0v) is 15.2. The molecule has 0 aliphatic carbocycles. The van der Waals surface area contributed by atoms with Crippen LogP contribution >= 0.6 is 0 Å². The maximum absolute atomic E-state index is 13.1. The van der Waals surface area contributed by atoms with Gasteiger partial charge in [0.15, 0.2) is 11.7 Å². The van der Waals surface area contributed by atoms with Crippen LogP contribution in [0.25, 0.3) is 11.1 Å². The number of carboxylic acid groups (broad SMARTS) is 1. The number of aromatic nitrogens is 1. The molecule has 1 aliphatic rings. The third-order valence-corrected chi connectivity index (χ3v) is 6.02. The molecule has 142 valence electrons. The molecule has 0 radical (unpaired) electrons. The molecule has 0 fully saturated rings. The molecule has 2 heterocycles. The summed E-state index contributed by atoms with van der Waals surface area (Å²) < 4.78 is 28.7. The van der Waals surface area contributed by atoms with Gasteiger partial charge in [-0.05, 0) is 18.2 Å². The fourth-order valence-electron chi connectivity index (χ4n) is 3.28. The fourth-order valence-corrected chi connectivity index (χ4v) is 4.67. The van der Waals surface area contributed by atoms with E-state index in [2.05, 4.69) is 15.0 Å². The quantitative estimate of drug-likeness (QED) is 0.490. The highest BCUT2D eigenvalue weighted by Gasteiger charge is 2.37. The lowest BCUT2D eigenvalue weighted by Crippen LogP contribution is -2.30. The molecule has 1 aliphatic heterocycles. The van der Waals surface area contributed by atoms with E-state index >= 15 is 0 Å². The Hall–Kier alpha value is -3.59. The number of para-hydroxylation sites is 2. The van der Waals surface area contributed by atoms with Gasteiger partial charge in [0.25, 0.3) is 10.0 Å². The SMILES string of the molecule is O=Cc1ccccc1NS(=O)(=O)C1Nc2ccccc2-c2c(C(=O)O)c[nH]c21. The van der Waals surface area contributed by atoms with Gasteiger partial charge in [-0.3, -0.25) is 9.52 Å². The minimum Gasteiger partial charge on any atom is -0.478 e. The van der Waals surface area contributed by atoms with Crippen molar-refractivity contribution in [3.8, 4) is 11.1 Å². The van der Waals surface area contributed by atoms with Crippen LogP contribution in [0.3, 0.4) is 0 Å². The number of carboxylic acids is 1. The summed E-state index contributed by atoms with van der Waals surface area (Å²) >= 11 is 0. The minimum absolute atomic E-state index is 0.0163. The Labute approximate surface area is 160 Å². The van der Waals surface area contributed by atoms with Gasteiger partial charge in [-0.25, -0.2) is 13.2 Å². The third kappa shape index (κ3) is 2.81. The summed E-state index contributed by atoms with van der Waals surface area (Å²) in [6, 6.07) is 13.1. The monoisotopic (exact) mass is 397 g/mol. The largest absolute Gasteiger partial charge is 0.478 e. The minimum atomic E-state index is -4.08. The first kappa shape index (κ1) is 17.8. The molecular weight excluding hydrogens is 382 g/mol. The van der Waals surface area contributed by atoms with Crippen LogP contribution in [0.2, 0.25) is 0 Å². The number of nitrogens with one attached hydrogen (secondary N) is 3. The van der Waals surface area contributed by atoms with Gasteiger partial charge in [-0.2, -0.15) is 0 Å². The molecule has 1 unspecified atom stereocenters. The first-order chi connectivity index (χ1) is 13.4. The first-order valence-corrected chi connectivity index (χ1v) is 9.83. The Bertz CT molecular complexity index is 1200. The number of anilines is 2. The molecule has 1 atom stereocenters. The maximum Gasteiger partial charge on any atom is 0.337 e. The van der Waals surface area contributed by atoms with E-state index in [0.717, 1.165) is 0 Å². The van der Waals surface area contributed by atoms with Gasteiger partial charge in [-0.15, -0.1) is 0 Å². The lowest BCUT2D eigenvalue weighted by Gasteiger charge is -2.28. The Morgan fingerprint density at radius 1 is 1.11 bits per heavy atom. The van der Waals surface area contributed by atoms with E-state index in [9.17, 15) is 23.1 Å². The van der Waals surface area contributed by atoms with E-state index in [4.69, 9.17) is 0 Å². The summed E-state index contributed by atoms with van der Waals surface area (Å²) in [6.45, 7) is 0. The number of aldehydes is 1. The standard InChI is InChI=1S/C19H15N3O5S/c23-10-11-5-1-3-7-14(11)22-28(26,27)18-17-16(13(9-20-17)19(24)25)12-6-2-4-8-15(12)21-18/h1-10,18,20-22H,(H,24,25).